The van der Waals surface area contributed by atoms with Crippen molar-refractivity contribution in [3.63, 3.8) is 0 Å². The zero-order valence-corrected chi connectivity index (χ0v) is 14.9. The molecule has 2 heterocycles. The van der Waals surface area contributed by atoms with Crippen LogP contribution in [0.15, 0.2) is 59.0 Å². The number of hydrogen-bond donors (Lipinski definition) is 0. The van der Waals surface area contributed by atoms with E-state index in [0.29, 0.717) is 11.5 Å². The van der Waals surface area contributed by atoms with Gasteiger partial charge in [0.2, 0.25) is 5.52 Å². The molecule has 2 aromatic carbocycles. The van der Waals surface area contributed by atoms with Crippen LogP contribution in [0.25, 0.3) is 22.0 Å². The van der Waals surface area contributed by atoms with Crippen LogP contribution in [0, 0.1) is 6.92 Å². The SMILES string of the molecule is COc1ccc2cc3cc(C(=O)N(C)c4cccc(C)c4)oc3[nH+]c2c1. The van der Waals surface area contributed by atoms with Crippen molar-refractivity contribution in [1.29, 1.82) is 0 Å². The number of pyridine rings is 1. The van der Waals surface area contributed by atoms with Gasteiger partial charge in [0.1, 0.15) is 5.75 Å². The molecule has 5 heteroatoms. The third kappa shape index (κ3) is 2.77. The van der Waals surface area contributed by atoms with E-state index in [1.807, 2.05) is 55.5 Å². The van der Waals surface area contributed by atoms with Crippen molar-refractivity contribution in [1.82, 2.24) is 0 Å². The van der Waals surface area contributed by atoms with E-state index in [0.717, 1.165) is 33.3 Å². The number of nitrogens with zero attached hydrogens (tertiary/aromatic N) is 1. The van der Waals surface area contributed by atoms with Gasteiger partial charge in [-0.25, -0.2) is 0 Å². The quantitative estimate of drug-likeness (QED) is 0.563. The topological polar surface area (TPSA) is 56.8 Å². The van der Waals surface area contributed by atoms with Crippen LogP contribution in [0.4, 0.5) is 5.69 Å². The maximum absolute atomic E-state index is 12.8. The lowest BCUT2D eigenvalue weighted by Crippen LogP contribution is -2.25. The zero-order valence-electron chi connectivity index (χ0n) is 14.9. The summed E-state index contributed by atoms with van der Waals surface area (Å²) in [6.45, 7) is 2.00. The molecule has 0 unspecified atom stereocenters. The van der Waals surface area contributed by atoms with Crippen LogP contribution in [0.1, 0.15) is 16.1 Å². The summed E-state index contributed by atoms with van der Waals surface area (Å²) in [5, 5.41) is 1.87. The summed E-state index contributed by atoms with van der Waals surface area (Å²) in [5.41, 5.74) is 3.37. The lowest BCUT2D eigenvalue weighted by atomic mass is 10.2. The molecule has 0 aliphatic carbocycles. The molecule has 0 atom stereocenters. The Morgan fingerprint density at radius 3 is 2.69 bits per heavy atom. The van der Waals surface area contributed by atoms with Crippen LogP contribution in [-0.2, 0) is 0 Å². The Kier molecular flexibility index (Phi) is 3.84. The molecule has 0 saturated heterocycles. The van der Waals surface area contributed by atoms with E-state index >= 15 is 0 Å². The number of carbonyl (C=O) groups excluding carboxylic acids is 1. The normalized spacial score (nSPS) is 11.0. The first kappa shape index (κ1) is 16.1. The van der Waals surface area contributed by atoms with Gasteiger partial charge >= 0.3 is 5.71 Å². The summed E-state index contributed by atoms with van der Waals surface area (Å²) in [4.78, 5) is 17.6. The molecule has 0 saturated carbocycles. The fourth-order valence-corrected chi connectivity index (χ4v) is 3.02. The van der Waals surface area contributed by atoms with Crippen molar-refractivity contribution < 1.29 is 18.9 Å². The molecule has 0 fully saturated rings. The summed E-state index contributed by atoms with van der Waals surface area (Å²) < 4.78 is 11.1. The molecule has 1 N–H and O–H groups in total. The number of carbonyl (C=O) groups is 1. The maximum Gasteiger partial charge on any atom is 0.379 e. The molecule has 0 bridgehead atoms. The highest BCUT2D eigenvalue weighted by atomic mass is 16.5. The van der Waals surface area contributed by atoms with Gasteiger partial charge in [0.25, 0.3) is 5.91 Å². The average molecular weight is 347 g/mol. The van der Waals surface area contributed by atoms with Crippen LogP contribution >= 0.6 is 0 Å². The van der Waals surface area contributed by atoms with Gasteiger partial charge in [0.05, 0.1) is 18.6 Å². The standard InChI is InChI=1S/C21H18N2O3/c1-13-5-4-6-16(9-13)23(2)21(24)19-11-15-10-14-7-8-17(25-3)12-18(14)22-20(15)26-19/h4-12H,1-3H3/p+1. The molecule has 0 aliphatic heterocycles. The summed E-state index contributed by atoms with van der Waals surface area (Å²) in [6, 6.07) is 17.3. The summed E-state index contributed by atoms with van der Waals surface area (Å²) in [5.74, 6) is 0.861. The second-order valence-corrected chi connectivity index (χ2v) is 6.32. The first-order valence-corrected chi connectivity index (χ1v) is 8.33. The highest BCUT2D eigenvalue weighted by Gasteiger charge is 2.21. The van der Waals surface area contributed by atoms with Gasteiger partial charge in [0.15, 0.2) is 5.76 Å². The molecule has 4 rings (SSSR count). The fraction of sp³-hybridized carbons (Fsp3) is 0.143. The smallest absolute Gasteiger partial charge is 0.379 e. The third-order valence-corrected chi connectivity index (χ3v) is 4.48. The number of aryl methyl sites for hydroxylation is 1. The first-order valence-electron chi connectivity index (χ1n) is 8.33. The fourth-order valence-electron chi connectivity index (χ4n) is 3.02. The number of rotatable bonds is 3. The minimum Gasteiger partial charge on any atom is -0.497 e. The van der Waals surface area contributed by atoms with Gasteiger partial charge in [-0.15, -0.1) is 0 Å². The van der Waals surface area contributed by atoms with Gasteiger partial charge in [-0.05, 0) is 42.8 Å². The van der Waals surface area contributed by atoms with Crippen molar-refractivity contribution in [3.05, 3.63) is 65.9 Å². The van der Waals surface area contributed by atoms with Gasteiger partial charge in [0, 0.05) is 24.2 Å². The molecule has 0 aliphatic rings. The van der Waals surface area contributed by atoms with E-state index in [1.165, 1.54) is 0 Å². The Labute approximate surface area is 150 Å². The highest BCUT2D eigenvalue weighted by molar-refractivity contribution is 6.06. The van der Waals surface area contributed by atoms with Crippen LogP contribution in [0.5, 0.6) is 5.75 Å². The van der Waals surface area contributed by atoms with E-state index < -0.39 is 0 Å². The van der Waals surface area contributed by atoms with Gasteiger partial charge in [-0.2, -0.15) is 4.98 Å². The lowest BCUT2D eigenvalue weighted by molar-refractivity contribution is -0.322. The van der Waals surface area contributed by atoms with Crippen LogP contribution in [-0.4, -0.2) is 20.1 Å². The summed E-state index contributed by atoms with van der Waals surface area (Å²) in [6.07, 6.45) is 0. The van der Waals surface area contributed by atoms with Crippen molar-refractivity contribution in [2.75, 3.05) is 19.1 Å². The summed E-state index contributed by atoms with van der Waals surface area (Å²) >= 11 is 0. The molecular formula is C21H19N2O3+. The zero-order chi connectivity index (χ0) is 18.3. The molecule has 26 heavy (non-hydrogen) atoms. The third-order valence-electron chi connectivity index (χ3n) is 4.48. The molecule has 1 amide bonds. The van der Waals surface area contributed by atoms with Gasteiger partial charge < -0.3 is 14.1 Å². The summed E-state index contributed by atoms with van der Waals surface area (Å²) in [7, 11) is 3.37. The molecule has 130 valence electrons. The number of aromatic nitrogens is 1. The number of aromatic amines is 1. The van der Waals surface area contributed by atoms with E-state index in [1.54, 1.807) is 25.1 Å². The second kappa shape index (κ2) is 6.19. The van der Waals surface area contributed by atoms with Crippen molar-refractivity contribution >= 4 is 33.6 Å². The number of methoxy groups -OCH3 is 1. The number of anilines is 1. The van der Waals surface area contributed by atoms with Gasteiger partial charge in [-0.3, -0.25) is 4.79 Å². The Bertz CT molecular complexity index is 1130. The first-order chi connectivity index (χ1) is 12.5. The number of amides is 1. The number of fused-ring (bicyclic) bond motifs is 2. The number of nitrogens with one attached hydrogen (secondary N) is 1. The van der Waals surface area contributed by atoms with E-state index in [4.69, 9.17) is 9.15 Å². The highest BCUT2D eigenvalue weighted by Crippen LogP contribution is 2.24. The number of benzene rings is 2. The molecule has 4 aromatic rings. The predicted octanol–water partition coefficient (Wildman–Crippen LogP) is 3.99. The molecule has 5 nitrogen and oxygen atoms in total. The van der Waals surface area contributed by atoms with E-state index in [-0.39, 0.29) is 5.91 Å². The minimum absolute atomic E-state index is 0.193. The Hall–Kier alpha value is -3.34. The largest absolute Gasteiger partial charge is 0.497 e. The Morgan fingerprint density at radius 1 is 1.08 bits per heavy atom. The predicted molar refractivity (Wildman–Crippen MR) is 101 cm³/mol. The van der Waals surface area contributed by atoms with Crippen LogP contribution in [0.2, 0.25) is 0 Å². The molecular weight excluding hydrogens is 328 g/mol. The molecule has 0 radical (unpaired) electrons. The molecule has 2 aromatic heterocycles. The van der Waals surface area contributed by atoms with Crippen LogP contribution < -0.4 is 14.6 Å². The minimum atomic E-state index is -0.193. The molecule has 0 spiro atoms. The average Bonchev–Trinajstić information content (AvgIpc) is 3.07. The van der Waals surface area contributed by atoms with Crippen molar-refractivity contribution in [3.8, 4) is 5.75 Å². The number of furan rings is 1. The number of hydrogen-bond acceptors (Lipinski definition) is 3. The van der Waals surface area contributed by atoms with Crippen molar-refractivity contribution in [2.45, 2.75) is 6.92 Å². The Balaban J connectivity index is 1.74. The monoisotopic (exact) mass is 347 g/mol. The van der Waals surface area contributed by atoms with Crippen LogP contribution in [0.3, 0.4) is 0 Å². The number of ether oxygens (including phenoxy) is 1. The van der Waals surface area contributed by atoms with E-state index in [2.05, 4.69) is 4.98 Å². The second-order valence-electron chi connectivity index (χ2n) is 6.32. The lowest BCUT2D eigenvalue weighted by Gasteiger charge is -2.16. The Morgan fingerprint density at radius 2 is 1.92 bits per heavy atom. The van der Waals surface area contributed by atoms with Crippen molar-refractivity contribution in [2.24, 2.45) is 0 Å². The number of H-pyrrole nitrogens is 1. The van der Waals surface area contributed by atoms with E-state index in [9.17, 15) is 4.79 Å². The maximum atomic E-state index is 12.8. The van der Waals surface area contributed by atoms with Gasteiger partial charge in [-0.1, -0.05) is 12.1 Å².